The van der Waals surface area contributed by atoms with E-state index in [0.717, 1.165) is 0 Å². The SMILES string of the molecule is CCOCCNS(=O)(=O)c1ccc(C#CCO)cc1. The van der Waals surface area contributed by atoms with Gasteiger partial charge in [-0.05, 0) is 31.2 Å². The molecule has 1 rings (SSSR count). The van der Waals surface area contributed by atoms with E-state index in [1.807, 2.05) is 6.92 Å². The average molecular weight is 283 g/mol. The van der Waals surface area contributed by atoms with Gasteiger partial charge in [0.1, 0.15) is 6.61 Å². The van der Waals surface area contributed by atoms with Gasteiger partial charge in [0.15, 0.2) is 0 Å². The Morgan fingerprint density at radius 2 is 2.00 bits per heavy atom. The van der Waals surface area contributed by atoms with Gasteiger partial charge in [0.2, 0.25) is 10.0 Å². The average Bonchev–Trinajstić information content (AvgIpc) is 2.42. The highest BCUT2D eigenvalue weighted by molar-refractivity contribution is 7.89. The molecule has 0 aliphatic carbocycles. The fraction of sp³-hybridized carbons (Fsp3) is 0.385. The minimum absolute atomic E-state index is 0.179. The molecule has 1 aromatic carbocycles. The van der Waals surface area contributed by atoms with Crippen LogP contribution in [-0.4, -0.2) is 39.9 Å². The summed E-state index contributed by atoms with van der Waals surface area (Å²) < 4.78 is 31.3. The minimum atomic E-state index is -3.51. The van der Waals surface area contributed by atoms with Crippen LogP contribution in [0.15, 0.2) is 29.2 Å². The molecule has 0 atom stereocenters. The summed E-state index contributed by atoms with van der Waals surface area (Å²) in [4.78, 5) is 0.179. The molecule has 0 amide bonds. The summed E-state index contributed by atoms with van der Waals surface area (Å²) in [7, 11) is -3.51. The van der Waals surface area contributed by atoms with Crippen molar-refractivity contribution in [2.24, 2.45) is 0 Å². The van der Waals surface area contributed by atoms with Gasteiger partial charge >= 0.3 is 0 Å². The predicted octanol–water partition coefficient (Wildman–Crippen LogP) is 0.345. The Balaban J connectivity index is 2.68. The molecule has 0 radical (unpaired) electrons. The fourth-order valence-corrected chi connectivity index (χ4v) is 2.35. The fourth-order valence-electron chi connectivity index (χ4n) is 1.33. The Kier molecular flexibility index (Phi) is 6.53. The molecule has 19 heavy (non-hydrogen) atoms. The van der Waals surface area contributed by atoms with E-state index in [9.17, 15) is 8.42 Å². The first kappa shape index (κ1) is 15.7. The highest BCUT2D eigenvalue weighted by Crippen LogP contribution is 2.09. The maximum Gasteiger partial charge on any atom is 0.240 e. The molecule has 0 saturated carbocycles. The lowest BCUT2D eigenvalue weighted by Gasteiger charge is -2.06. The van der Waals surface area contributed by atoms with Crippen LogP contribution in [0.2, 0.25) is 0 Å². The van der Waals surface area contributed by atoms with Crippen molar-refractivity contribution in [3.05, 3.63) is 29.8 Å². The standard InChI is InChI=1S/C13H17NO4S/c1-2-18-11-9-14-19(16,17)13-7-5-12(6-8-13)4-3-10-15/h5-8,14-15H,2,9-11H2,1H3. The first-order valence-electron chi connectivity index (χ1n) is 5.87. The summed E-state index contributed by atoms with van der Waals surface area (Å²) >= 11 is 0. The molecule has 0 bridgehead atoms. The smallest absolute Gasteiger partial charge is 0.240 e. The van der Waals surface area contributed by atoms with Gasteiger partial charge in [-0.2, -0.15) is 0 Å². The maximum absolute atomic E-state index is 11.9. The summed E-state index contributed by atoms with van der Waals surface area (Å²) in [5.41, 5.74) is 0.655. The van der Waals surface area contributed by atoms with Crippen molar-refractivity contribution in [1.29, 1.82) is 0 Å². The first-order chi connectivity index (χ1) is 9.10. The van der Waals surface area contributed by atoms with E-state index in [1.165, 1.54) is 12.1 Å². The third-order valence-corrected chi connectivity index (χ3v) is 3.70. The number of hydrogen-bond donors (Lipinski definition) is 2. The van der Waals surface area contributed by atoms with E-state index in [0.29, 0.717) is 18.8 Å². The first-order valence-corrected chi connectivity index (χ1v) is 7.35. The van der Waals surface area contributed by atoms with Gasteiger partial charge in [0.25, 0.3) is 0 Å². The van der Waals surface area contributed by atoms with Crippen molar-refractivity contribution in [2.75, 3.05) is 26.4 Å². The third-order valence-electron chi connectivity index (χ3n) is 2.22. The summed E-state index contributed by atoms with van der Waals surface area (Å²) in [5.74, 6) is 5.19. The maximum atomic E-state index is 11.9. The number of aliphatic hydroxyl groups is 1. The van der Waals surface area contributed by atoms with Gasteiger partial charge in [-0.3, -0.25) is 0 Å². The summed E-state index contributed by atoms with van der Waals surface area (Å²) in [5, 5.41) is 8.56. The van der Waals surface area contributed by atoms with E-state index in [2.05, 4.69) is 16.6 Å². The summed E-state index contributed by atoms with van der Waals surface area (Å²) in [6.45, 7) is 2.76. The molecule has 0 aliphatic rings. The zero-order valence-electron chi connectivity index (χ0n) is 10.7. The molecule has 0 saturated heterocycles. The van der Waals surface area contributed by atoms with Crippen molar-refractivity contribution >= 4 is 10.0 Å². The molecule has 104 valence electrons. The zero-order valence-corrected chi connectivity index (χ0v) is 11.5. The third kappa shape index (κ3) is 5.41. The molecule has 0 heterocycles. The Morgan fingerprint density at radius 3 is 2.58 bits per heavy atom. The summed E-state index contributed by atoms with van der Waals surface area (Å²) in [6, 6.07) is 6.15. The lowest BCUT2D eigenvalue weighted by Crippen LogP contribution is -2.27. The largest absolute Gasteiger partial charge is 0.384 e. The summed E-state index contributed by atoms with van der Waals surface area (Å²) in [6.07, 6.45) is 0. The van der Waals surface area contributed by atoms with E-state index < -0.39 is 10.0 Å². The van der Waals surface area contributed by atoms with Crippen LogP contribution < -0.4 is 4.72 Å². The number of nitrogens with one attached hydrogen (secondary N) is 1. The normalized spacial score (nSPS) is 10.8. The Bertz CT molecular complexity index is 540. The highest BCUT2D eigenvalue weighted by atomic mass is 32.2. The Hall–Kier alpha value is -1.39. The van der Waals surface area contributed by atoms with Crippen LogP contribution in [-0.2, 0) is 14.8 Å². The van der Waals surface area contributed by atoms with Crippen molar-refractivity contribution in [1.82, 2.24) is 4.72 Å². The lowest BCUT2D eigenvalue weighted by molar-refractivity contribution is 0.153. The van der Waals surface area contributed by atoms with E-state index in [4.69, 9.17) is 9.84 Å². The van der Waals surface area contributed by atoms with Gasteiger partial charge in [0.05, 0.1) is 11.5 Å². The second-order valence-corrected chi connectivity index (χ2v) is 5.35. The van der Waals surface area contributed by atoms with E-state index in [-0.39, 0.29) is 18.0 Å². The highest BCUT2D eigenvalue weighted by Gasteiger charge is 2.12. The van der Waals surface area contributed by atoms with Crippen LogP contribution in [0.3, 0.4) is 0 Å². The molecule has 2 N–H and O–H groups in total. The quantitative estimate of drug-likeness (QED) is 0.583. The van der Waals surface area contributed by atoms with Gasteiger partial charge in [-0.25, -0.2) is 13.1 Å². The van der Waals surface area contributed by atoms with Crippen molar-refractivity contribution < 1.29 is 18.3 Å². The van der Waals surface area contributed by atoms with E-state index >= 15 is 0 Å². The van der Waals surface area contributed by atoms with Crippen LogP contribution >= 0.6 is 0 Å². The second kappa shape index (κ2) is 7.92. The van der Waals surface area contributed by atoms with Gasteiger partial charge in [-0.15, -0.1) is 0 Å². The minimum Gasteiger partial charge on any atom is -0.384 e. The molecule has 5 nitrogen and oxygen atoms in total. The molecule has 0 aromatic heterocycles. The number of hydrogen-bond acceptors (Lipinski definition) is 4. The zero-order chi connectivity index (χ0) is 14.1. The Labute approximate surface area is 113 Å². The lowest BCUT2D eigenvalue weighted by atomic mass is 10.2. The number of ether oxygens (including phenoxy) is 1. The molecule has 0 spiro atoms. The molecule has 0 unspecified atom stereocenters. The molecule has 1 aromatic rings. The van der Waals surface area contributed by atoms with Crippen molar-refractivity contribution in [3.63, 3.8) is 0 Å². The van der Waals surface area contributed by atoms with Gasteiger partial charge < -0.3 is 9.84 Å². The van der Waals surface area contributed by atoms with Gasteiger partial charge in [-0.1, -0.05) is 11.8 Å². The second-order valence-electron chi connectivity index (χ2n) is 3.58. The van der Waals surface area contributed by atoms with Crippen LogP contribution in [0.1, 0.15) is 12.5 Å². The molecular formula is C13H17NO4S. The van der Waals surface area contributed by atoms with Crippen LogP contribution in [0.4, 0.5) is 0 Å². The Morgan fingerprint density at radius 1 is 1.32 bits per heavy atom. The molecule has 6 heteroatoms. The molecule has 0 fully saturated rings. The van der Waals surface area contributed by atoms with E-state index in [1.54, 1.807) is 12.1 Å². The molecule has 0 aliphatic heterocycles. The van der Waals surface area contributed by atoms with Crippen molar-refractivity contribution in [3.8, 4) is 11.8 Å². The van der Waals surface area contributed by atoms with Crippen LogP contribution in [0, 0.1) is 11.8 Å². The number of aliphatic hydroxyl groups excluding tert-OH is 1. The van der Waals surface area contributed by atoms with Crippen LogP contribution in [0.5, 0.6) is 0 Å². The number of rotatable bonds is 6. The van der Waals surface area contributed by atoms with Crippen molar-refractivity contribution in [2.45, 2.75) is 11.8 Å². The van der Waals surface area contributed by atoms with Crippen LogP contribution in [0.25, 0.3) is 0 Å². The topological polar surface area (TPSA) is 75.6 Å². The molecular weight excluding hydrogens is 266 g/mol. The monoisotopic (exact) mass is 283 g/mol. The number of benzene rings is 1. The number of sulfonamides is 1. The predicted molar refractivity (Wildman–Crippen MR) is 72.1 cm³/mol. The van der Waals surface area contributed by atoms with Gasteiger partial charge in [0, 0.05) is 18.7 Å².